The van der Waals surface area contributed by atoms with Crippen molar-refractivity contribution in [1.82, 2.24) is 19.1 Å². The molecule has 3 fully saturated rings. The van der Waals surface area contributed by atoms with Gasteiger partial charge in [0, 0.05) is 18.8 Å². The summed E-state index contributed by atoms with van der Waals surface area (Å²) in [5.41, 5.74) is 1.20. The van der Waals surface area contributed by atoms with Crippen molar-refractivity contribution < 1.29 is 22.6 Å². The lowest BCUT2D eigenvalue weighted by molar-refractivity contribution is -0.180. The maximum Gasteiger partial charge on any atom is 0.392 e. The minimum atomic E-state index is -4.25. The third kappa shape index (κ3) is 2.59. The maximum atomic E-state index is 13.4. The molecule has 3 saturated carbocycles. The molecule has 1 atom stereocenters. The zero-order valence-electron chi connectivity index (χ0n) is 17.4. The molecule has 0 spiro atoms. The second-order valence-electron chi connectivity index (χ2n) is 8.97. The number of nitrogens with one attached hydrogen (secondary N) is 1. The number of imidazole rings is 1. The molecule has 0 radical (unpaired) electrons. The third-order valence-corrected chi connectivity index (χ3v) is 7.12. The number of alkyl halides is 3. The van der Waals surface area contributed by atoms with Gasteiger partial charge in [0.1, 0.15) is 5.52 Å². The van der Waals surface area contributed by atoms with Crippen LogP contribution in [0.1, 0.15) is 24.8 Å². The molecule has 8 nitrogen and oxygen atoms in total. The van der Waals surface area contributed by atoms with Crippen molar-refractivity contribution in [2.75, 3.05) is 12.1 Å². The Balaban J connectivity index is 1.41. The molecule has 0 unspecified atom stereocenters. The Morgan fingerprint density at radius 1 is 1.19 bits per heavy atom. The molecular weight excluding hydrogens is 427 g/mol. The van der Waals surface area contributed by atoms with Gasteiger partial charge in [-0.3, -0.25) is 9.13 Å². The summed E-state index contributed by atoms with van der Waals surface area (Å²) in [5, 5.41) is 3.14. The number of nitrogens with zero attached hydrogens (tertiary/aromatic N) is 4. The van der Waals surface area contributed by atoms with Crippen LogP contribution in [0.25, 0.3) is 11.2 Å². The first kappa shape index (κ1) is 19.4. The first-order valence-corrected chi connectivity index (χ1v) is 10.4. The molecule has 0 saturated heterocycles. The highest BCUT2D eigenvalue weighted by atomic mass is 19.4. The highest BCUT2D eigenvalue weighted by Crippen LogP contribution is 2.63. The van der Waals surface area contributed by atoms with Gasteiger partial charge >= 0.3 is 11.9 Å². The van der Waals surface area contributed by atoms with Crippen LogP contribution in [0.15, 0.2) is 23.1 Å². The lowest BCUT2D eigenvalue weighted by Gasteiger charge is -2.39. The van der Waals surface area contributed by atoms with Gasteiger partial charge in [0.15, 0.2) is 17.1 Å². The van der Waals surface area contributed by atoms with Crippen LogP contribution >= 0.6 is 0 Å². The van der Waals surface area contributed by atoms with Crippen LogP contribution in [0.5, 0.6) is 11.5 Å². The number of ether oxygens (including phenoxy) is 2. The number of halogens is 3. The quantitative estimate of drug-likeness (QED) is 0.661. The second-order valence-corrected chi connectivity index (χ2v) is 8.97. The van der Waals surface area contributed by atoms with Gasteiger partial charge < -0.3 is 14.8 Å². The molecule has 1 N–H and O–H groups in total. The Labute approximate surface area is 180 Å². The van der Waals surface area contributed by atoms with Crippen LogP contribution < -0.4 is 20.5 Å². The molecule has 1 aromatic carbocycles. The van der Waals surface area contributed by atoms with Crippen LogP contribution in [0.4, 0.5) is 24.8 Å². The van der Waals surface area contributed by atoms with E-state index in [1.165, 1.54) is 15.3 Å². The minimum Gasteiger partial charge on any atom is -0.454 e. The molecule has 1 aliphatic heterocycles. The minimum absolute atomic E-state index is 0.0891. The first-order chi connectivity index (χ1) is 15.2. The average molecular weight is 447 g/mol. The monoisotopic (exact) mass is 447 g/mol. The van der Waals surface area contributed by atoms with E-state index in [4.69, 9.17) is 9.47 Å². The van der Waals surface area contributed by atoms with Gasteiger partial charge in [0.25, 0.3) is 0 Å². The van der Waals surface area contributed by atoms with Gasteiger partial charge in [-0.2, -0.15) is 18.2 Å². The lowest BCUT2D eigenvalue weighted by atomic mass is 9.76. The van der Waals surface area contributed by atoms with E-state index in [0.717, 1.165) is 5.56 Å². The standard InChI is InChI=1S/C21H20F3N5O3/c1-10-3-15-16(32-9-31-15)4-13(10)26-18-25-8-14-17(27-18)29(19(30)28(14)2)20-5-11(6-20)12(7-20)21(22,23)24/h3-4,8,11-12H,5-7,9H2,1-2H3,(H,25,26,27)/t11?,12-,20?/m0/s1. The Hall–Kier alpha value is -3.24. The van der Waals surface area contributed by atoms with E-state index in [0.29, 0.717) is 41.2 Å². The summed E-state index contributed by atoms with van der Waals surface area (Å²) in [6, 6.07) is 3.62. The number of hydrogen-bond donors (Lipinski definition) is 1. The fourth-order valence-electron chi connectivity index (χ4n) is 5.50. The van der Waals surface area contributed by atoms with Gasteiger partial charge in [-0.05, 0) is 43.7 Å². The second kappa shape index (κ2) is 6.17. The Bertz CT molecular complexity index is 1320. The number of aryl methyl sites for hydroxylation is 2. The molecule has 3 heterocycles. The van der Waals surface area contributed by atoms with Crippen molar-refractivity contribution in [2.45, 2.75) is 37.9 Å². The molecule has 3 aliphatic carbocycles. The summed E-state index contributed by atoms with van der Waals surface area (Å²) >= 11 is 0. The largest absolute Gasteiger partial charge is 0.454 e. The van der Waals surface area contributed by atoms with Crippen LogP contribution in [0.2, 0.25) is 0 Å². The number of hydrogen-bond acceptors (Lipinski definition) is 6. The SMILES string of the molecule is Cc1cc2c(cc1Nc1ncc3c(n1)n(C14CC(C1)[C@@H](C(F)(F)F)C4)c(=O)n3C)OCO2. The zero-order chi connectivity index (χ0) is 22.4. The fraction of sp³-hybridized carbons (Fsp3) is 0.476. The van der Waals surface area contributed by atoms with E-state index in [1.807, 2.05) is 13.0 Å². The molecule has 7 rings (SSSR count). The van der Waals surface area contributed by atoms with E-state index in [9.17, 15) is 18.0 Å². The van der Waals surface area contributed by atoms with Crippen LogP contribution in [0, 0.1) is 18.8 Å². The maximum absolute atomic E-state index is 13.4. The zero-order valence-corrected chi connectivity index (χ0v) is 17.4. The van der Waals surface area contributed by atoms with Crippen molar-refractivity contribution in [2.24, 2.45) is 18.9 Å². The molecular formula is C21H20F3N5O3. The molecule has 4 aliphatic rings. The Morgan fingerprint density at radius 3 is 2.59 bits per heavy atom. The molecule has 168 valence electrons. The summed E-state index contributed by atoms with van der Waals surface area (Å²) in [5.74, 6) is -0.315. The first-order valence-electron chi connectivity index (χ1n) is 10.4. The van der Waals surface area contributed by atoms with E-state index < -0.39 is 23.6 Å². The Morgan fingerprint density at radius 2 is 1.91 bits per heavy atom. The van der Waals surface area contributed by atoms with Crippen molar-refractivity contribution in [3.05, 3.63) is 34.4 Å². The van der Waals surface area contributed by atoms with Gasteiger partial charge in [0.05, 0.1) is 17.7 Å². The van der Waals surface area contributed by atoms with E-state index in [-0.39, 0.29) is 24.9 Å². The summed E-state index contributed by atoms with van der Waals surface area (Å²) in [7, 11) is 1.59. The van der Waals surface area contributed by atoms with Crippen LogP contribution in [-0.2, 0) is 12.6 Å². The van der Waals surface area contributed by atoms with Crippen LogP contribution in [0.3, 0.4) is 0 Å². The van der Waals surface area contributed by atoms with Gasteiger partial charge in [-0.15, -0.1) is 0 Å². The van der Waals surface area contributed by atoms with Crippen molar-refractivity contribution in [3.8, 4) is 11.5 Å². The number of anilines is 2. The highest BCUT2D eigenvalue weighted by Gasteiger charge is 2.65. The molecule has 11 heteroatoms. The van der Waals surface area contributed by atoms with E-state index >= 15 is 0 Å². The van der Waals surface area contributed by atoms with Crippen molar-refractivity contribution >= 4 is 22.8 Å². The number of rotatable bonds is 3. The predicted molar refractivity (Wildman–Crippen MR) is 108 cm³/mol. The normalized spacial score (nSPS) is 25.9. The summed E-state index contributed by atoms with van der Waals surface area (Å²) in [6.45, 7) is 2.05. The van der Waals surface area contributed by atoms with Crippen molar-refractivity contribution in [1.29, 1.82) is 0 Å². The molecule has 2 bridgehead atoms. The van der Waals surface area contributed by atoms with Crippen molar-refractivity contribution in [3.63, 3.8) is 0 Å². The molecule has 2 aromatic heterocycles. The number of aromatic nitrogens is 4. The van der Waals surface area contributed by atoms with Crippen LogP contribution in [-0.4, -0.2) is 32.1 Å². The fourth-order valence-corrected chi connectivity index (χ4v) is 5.50. The number of fused-ring (bicyclic) bond motifs is 3. The number of benzene rings is 1. The average Bonchev–Trinajstić information content (AvgIpc) is 3.44. The van der Waals surface area contributed by atoms with Gasteiger partial charge in [0.2, 0.25) is 12.7 Å². The topological polar surface area (TPSA) is 83.2 Å². The molecule has 32 heavy (non-hydrogen) atoms. The van der Waals surface area contributed by atoms with Gasteiger partial charge in [-0.25, -0.2) is 9.78 Å². The molecule has 3 aromatic rings. The Kier molecular flexibility index (Phi) is 3.75. The van der Waals surface area contributed by atoms with E-state index in [1.54, 1.807) is 13.1 Å². The lowest BCUT2D eigenvalue weighted by Crippen LogP contribution is -2.45. The summed E-state index contributed by atoms with van der Waals surface area (Å²) in [6.07, 6.45) is -2.15. The van der Waals surface area contributed by atoms with Gasteiger partial charge in [-0.1, -0.05) is 0 Å². The smallest absolute Gasteiger partial charge is 0.392 e. The summed E-state index contributed by atoms with van der Waals surface area (Å²) < 4.78 is 54.0. The third-order valence-electron chi connectivity index (χ3n) is 7.12. The highest BCUT2D eigenvalue weighted by molar-refractivity contribution is 5.74. The van der Waals surface area contributed by atoms with E-state index in [2.05, 4.69) is 15.3 Å². The molecule has 0 amide bonds. The summed E-state index contributed by atoms with van der Waals surface area (Å²) in [4.78, 5) is 21.9. The predicted octanol–water partition coefficient (Wildman–Crippen LogP) is 3.60.